The summed E-state index contributed by atoms with van der Waals surface area (Å²) in [6.45, 7) is 2.19. The molecule has 3 aromatic rings. The summed E-state index contributed by atoms with van der Waals surface area (Å²) in [6.07, 6.45) is 3.42. The first-order valence-electron chi connectivity index (χ1n) is 5.91. The lowest BCUT2D eigenvalue weighted by Crippen LogP contribution is -2.18. The fraction of sp³-hybridized carbons (Fsp3) is 0.182. The van der Waals surface area contributed by atoms with Crippen LogP contribution in [0, 0.1) is 0 Å². The lowest BCUT2D eigenvalue weighted by atomic mass is 10.2. The summed E-state index contributed by atoms with van der Waals surface area (Å²) in [5.74, 6) is 0.428. The van der Waals surface area contributed by atoms with Gasteiger partial charge in [-0.05, 0) is 19.1 Å². The SMILES string of the molecule is CCn1c(-c2cnn3ccccc23)nnc1S(N)(=O)=O. The standard InChI is InChI=1S/C11H12N6O2S/c1-2-16-10(14-15-11(16)20(12,18)19)8-7-13-17-6-4-3-5-9(8)17/h3-7H,2H2,1H3,(H2,12,18,19). The topological polar surface area (TPSA) is 108 Å². The van der Waals surface area contributed by atoms with Gasteiger partial charge in [-0.25, -0.2) is 18.1 Å². The summed E-state index contributed by atoms with van der Waals surface area (Å²) in [7, 11) is -3.91. The van der Waals surface area contributed by atoms with Crippen LogP contribution in [-0.4, -0.2) is 32.8 Å². The Labute approximate surface area is 114 Å². The maximum Gasteiger partial charge on any atom is 0.273 e. The Bertz CT molecular complexity index is 879. The Morgan fingerprint density at radius 1 is 1.30 bits per heavy atom. The van der Waals surface area contributed by atoms with Gasteiger partial charge in [-0.3, -0.25) is 4.57 Å². The number of hydrogen-bond donors (Lipinski definition) is 1. The summed E-state index contributed by atoms with van der Waals surface area (Å²) in [5, 5.41) is 16.7. The van der Waals surface area contributed by atoms with Crippen LogP contribution in [0.2, 0.25) is 0 Å². The average Bonchev–Trinajstić information content (AvgIpc) is 3.00. The van der Waals surface area contributed by atoms with Crippen LogP contribution in [0.15, 0.2) is 35.7 Å². The minimum atomic E-state index is -3.91. The van der Waals surface area contributed by atoms with Gasteiger partial charge in [0.05, 0.1) is 17.3 Å². The number of nitrogens with two attached hydrogens (primary N) is 1. The summed E-state index contributed by atoms with van der Waals surface area (Å²) < 4.78 is 26.1. The zero-order valence-corrected chi connectivity index (χ0v) is 11.4. The predicted octanol–water partition coefficient (Wildman–Crippen LogP) is 0.260. The minimum absolute atomic E-state index is 0.245. The van der Waals surface area contributed by atoms with Gasteiger partial charge in [-0.15, -0.1) is 10.2 Å². The number of sulfonamides is 1. The van der Waals surface area contributed by atoms with E-state index in [0.29, 0.717) is 17.9 Å². The Kier molecular flexibility index (Phi) is 2.80. The molecule has 20 heavy (non-hydrogen) atoms. The molecule has 0 amide bonds. The second-order valence-electron chi connectivity index (χ2n) is 4.18. The molecule has 0 bridgehead atoms. The number of rotatable bonds is 3. The van der Waals surface area contributed by atoms with E-state index in [1.165, 1.54) is 4.57 Å². The van der Waals surface area contributed by atoms with Gasteiger partial charge in [0.15, 0.2) is 5.82 Å². The zero-order valence-electron chi connectivity index (χ0n) is 10.6. The van der Waals surface area contributed by atoms with Crippen LogP contribution >= 0.6 is 0 Å². The third-order valence-corrected chi connectivity index (χ3v) is 3.77. The molecule has 2 N–H and O–H groups in total. The molecule has 3 heterocycles. The molecular formula is C11H12N6O2S. The molecule has 0 unspecified atom stereocenters. The summed E-state index contributed by atoms with van der Waals surface area (Å²) >= 11 is 0. The van der Waals surface area contributed by atoms with Gasteiger partial charge in [0.2, 0.25) is 0 Å². The number of fused-ring (bicyclic) bond motifs is 1. The number of hydrogen-bond acceptors (Lipinski definition) is 5. The Hall–Kier alpha value is -2.26. The highest BCUT2D eigenvalue weighted by Gasteiger charge is 2.22. The quantitative estimate of drug-likeness (QED) is 0.745. The molecule has 3 aromatic heterocycles. The van der Waals surface area contributed by atoms with Gasteiger partial charge in [0.25, 0.3) is 15.2 Å². The Morgan fingerprint density at radius 3 is 2.80 bits per heavy atom. The molecule has 8 nitrogen and oxygen atoms in total. The third kappa shape index (κ3) is 1.87. The molecular weight excluding hydrogens is 280 g/mol. The maximum absolute atomic E-state index is 11.5. The van der Waals surface area contributed by atoms with Crippen molar-refractivity contribution in [2.24, 2.45) is 5.14 Å². The van der Waals surface area contributed by atoms with Crippen molar-refractivity contribution in [3.63, 3.8) is 0 Å². The third-order valence-electron chi connectivity index (χ3n) is 2.95. The predicted molar refractivity (Wildman–Crippen MR) is 71.3 cm³/mol. The van der Waals surface area contributed by atoms with Gasteiger partial charge < -0.3 is 0 Å². The van der Waals surface area contributed by atoms with Gasteiger partial charge in [0, 0.05) is 12.7 Å². The Morgan fingerprint density at radius 2 is 2.10 bits per heavy atom. The maximum atomic E-state index is 11.5. The Balaban J connectivity index is 2.28. The smallest absolute Gasteiger partial charge is 0.273 e. The largest absolute Gasteiger partial charge is 0.297 e. The van der Waals surface area contributed by atoms with Gasteiger partial charge in [-0.1, -0.05) is 6.07 Å². The highest BCUT2D eigenvalue weighted by molar-refractivity contribution is 7.89. The summed E-state index contributed by atoms with van der Waals surface area (Å²) in [5.41, 5.74) is 1.52. The normalized spacial score (nSPS) is 12.1. The van der Waals surface area contributed by atoms with Gasteiger partial charge in [-0.2, -0.15) is 5.10 Å². The number of aromatic nitrogens is 5. The molecule has 0 saturated heterocycles. The van der Waals surface area contributed by atoms with Crippen molar-refractivity contribution in [1.29, 1.82) is 0 Å². The van der Waals surface area contributed by atoms with E-state index in [-0.39, 0.29) is 5.16 Å². The van der Waals surface area contributed by atoms with E-state index >= 15 is 0 Å². The average molecular weight is 292 g/mol. The second kappa shape index (κ2) is 4.39. The lowest BCUT2D eigenvalue weighted by molar-refractivity contribution is 0.571. The first kappa shape index (κ1) is 12.8. The van der Waals surface area contributed by atoms with E-state index in [4.69, 9.17) is 5.14 Å². The number of primary sulfonamides is 1. The number of nitrogens with zero attached hydrogens (tertiary/aromatic N) is 5. The van der Waals surface area contributed by atoms with E-state index in [1.54, 1.807) is 23.8 Å². The molecule has 104 valence electrons. The van der Waals surface area contributed by atoms with Gasteiger partial charge >= 0.3 is 0 Å². The van der Waals surface area contributed by atoms with E-state index in [0.717, 1.165) is 5.52 Å². The van der Waals surface area contributed by atoms with E-state index < -0.39 is 10.0 Å². The lowest BCUT2D eigenvalue weighted by Gasteiger charge is -2.04. The number of pyridine rings is 1. The van der Waals surface area contributed by atoms with Crippen LogP contribution in [0.4, 0.5) is 0 Å². The molecule has 0 fully saturated rings. The summed E-state index contributed by atoms with van der Waals surface area (Å²) in [6, 6.07) is 5.59. The molecule has 0 atom stereocenters. The van der Waals surface area contributed by atoms with Crippen molar-refractivity contribution >= 4 is 15.5 Å². The molecule has 0 aromatic carbocycles. The highest BCUT2D eigenvalue weighted by atomic mass is 32.2. The minimum Gasteiger partial charge on any atom is -0.297 e. The first-order valence-corrected chi connectivity index (χ1v) is 7.45. The molecule has 9 heteroatoms. The van der Waals surface area contributed by atoms with Gasteiger partial charge in [0.1, 0.15) is 0 Å². The van der Waals surface area contributed by atoms with Crippen molar-refractivity contribution in [3.8, 4) is 11.4 Å². The zero-order chi connectivity index (χ0) is 14.3. The molecule has 3 rings (SSSR count). The molecule has 0 aliphatic carbocycles. The highest BCUT2D eigenvalue weighted by Crippen LogP contribution is 2.24. The molecule has 0 saturated carbocycles. The first-order chi connectivity index (χ1) is 9.52. The van der Waals surface area contributed by atoms with Crippen LogP contribution in [0.1, 0.15) is 6.92 Å². The van der Waals surface area contributed by atoms with Crippen LogP contribution in [0.3, 0.4) is 0 Å². The van der Waals surface area contributed by atoms with Crippen LogP contribution in [0.5, 0.6) is 0 Å². The van der Waals surface area contributed by atoms with E-state index in [2.05, 4.69) is 15.3 Å². The van der Waals surface area contributed by atoms with Crippen molar-refractivity contribution in [1.82, 2.24) is 24.4 Å². The second-order valence-corrected chi connectivity index (χ2v) is 5.64. The molecule has 0 radical (unpaired) electrons. The van der Waals surface area contributed by atoms with Crippen molar-refractivity contribution in [3.05, 3.63) is 30.6 Å². The summed E-state index contributed by atoms with van der Waals surface area (Å²) in [4.78, 5) is 0. The van der Waals surface area contributed by atoms with Crippen molar-refractivity contribution < 1.29 is 8.42 Å². The van der Waals surface area contributed by atoms with Crippen molar-refractivity contribution in [2.75, 3.05) is 0 Å². The monoisotopic (exact) mass is 292 g/mol. The van der Waals surface area contributed by atoms with Crippen LogP contribution < -0.4 is 5.14 Å². The fourth-order valence-corrected chi connectivity index (χ4v) is 2.77. The fourth-order valence-electron chi connectivity index (χ4n) is 2.09. The van der Waals surface area contributed by atoms with Crippen LogP contribution in [-0.2, 0) is 16.6 Å². The van der Waals surface area contributed by atoms with Crippen molar-refractivity contribution in [2.45, 2.75) is 18.6 Å². The molecule has 0 aliphatic rings. The molecule has 0 spiro atoms. The van der Waals surface area contributed by atoms with Crippen LogP contribution in [0.25, 0.3) is 16.9 Å². The van der Waals surface area contributed by atoms with E-state index in [1.807, 2.05) is 18.2 Å². The molecule has 0 aliphatic heterocycles. The van der Waals surface area contributed by atoms with E-state index in [9.17, 15) is 8.42 Å².